The number of halogens is 2. The van der Waals surface area contributed by atoms with Gasteiger partial charge in [0.2, 0.25) is 0 Å². The summed E-state index contributed by atoms with van der Waals surface area (Å²) in [5, 5.41) is 5.69. The van der Waals surface area contributed by atoms with Crippen LogP contribution < -0.4 is 0 Å². The van der Waals surface area contributed by atoms with Crippen molar-refractivity contribution >= 4 is 29.5 Å². The summed E-state index contributed by atoms with van der Waals surface area (Å²) >= 11 is 12.1. The highest BCUT2D eigenvalue weighted by Crippen LogP contribution is 2.35. The molecule has 1 aliphatic rings. The second-order valence-electron chi connectivity index (χ2n) is 5.11. The number of hydrogen-bond donors (Lipinski definition) is 0. The summed E-state index contributed by atoms with van der Waals surface area (Å²) in [7, 11) is 0. The average Bonchev–Trinajstić information content (AvgIpc) is 3.07. The highest BCUT2D eigenvalue weighted by Gasteiger charge is 2.23. The van der Waals surface area contributed by atoms with Gasteiger partial charge in [-0.1, -0.05) is 36.0 Å². The lowest BCUT2D eigenvalue weighted by molar-refractivity contribution is 0.112. The Morgan fingerprint density at radius 3 is 2.65 bits per heavy atom. The topological polar surface area (TPSA) is 34.9 Å². The van der Waals surface area contributed by atoms with Gasteiger partial charge in [-0.3, -0.25) is 4.79 Å². The minimum atomic E-state index is 0.391. The van der Waals surface area contributed by atoms with Crippen LogP contribution in [-0.2, 0) is 0 Å². The van der Waals surface area contributed by atoms with Crippen molar-refractivity contribution < 1.29 is 4.79 Å². The molecule has 1 heterocycles. The highest BCUT2D eigenvalue weighted by atomic mass is 35.5. The molecule has 1 aromatic carbocycles. The van der Waals surface area contributed by atoms with Crippen molar-refractivity contribution in [2.24, 2.45) is 0 Å². The third-order valence-corrected chi connectivity index (χ3v) is 4.34. The van der Waals surface area contributed by atoms with Gasteiger partial charge in [-0.2, -0.15) is 5.10 Å². The van der Waals surface area contributed by atoms with Crippen molar-refractivity contribution in [3.8, 4) is 5.69 Å². The fourth-order valence-corrected chi connectivity index (χ4v) is 3.29. The molecule has 1 aliphatic carbocycles. The first-order chi connectivity index (χ1) is 9.69. The van der Waals surface area contributed by atoms with E-state index in [0.29, 0.717) is 21.5 Å². The van der Waals surface area contributed by atoms with Crippen LogP contribution >= 0.6 is 23.2 Å². The number of hydrogen-bond acceptors (Lipinski definition) is 2. The van der Waals surface area contributed by atoms with Gasteiger partial charge in [-0.25, -0.2) is 4.68 Å². The summed E-state index contributed by atoms with van der Waals surface area (Å²) < 4.78 is 1.68. The van der Waals surface area contributed by atoms with Gasteiger partial charge in [0.05, 0.1) is 22.0 Å². The van der Waals surface area contributed by atoms with E-state index in [1.54, 1.807) is 23.0 Å². The molecular weight excluding hydrogens is 295 g/mol. The van der Waals surface area contributed by atoms with Gasteiger partial charge in [0.25, 0.3) is 0 Å². The Morgan fingerprint density at radius 2 is 2.00 bits per heavy atom. The number of aldehydes is 1. The average molecular weight is 309 g/mol. The normalized spacial score (nSPS) is 15.7. The molecule has 3 nitrogen and oxygen atoms in total. The van der Waals surface area contributed by atoms with Gasteiger partial charge in [-0.05, 0) is 31.0 Å². The zero-order valence-corrected chi connectivity index (χ0v) is 12.4. The Labute approximate surface area is 127 Å². The lowest BCUT2D eigenvalue weighted by atomic mass is 10.0. The number of carbonyl (C=O) groups excluding carboxylic acids is 1. The first-order valence-corrected chi connectivity index (χ1v) is 7.45. The summed E-state index contributed by atoms with van der Waals surface area (Å²) in [4.78, 5) is 11.3. The largest absolute Gasteiger partial charge is 0.298 e. The molecular formula is C15H14Cl2N2O. The molecule has 0 aliphatic heterocycles. The zero-order valence-electron chi connectivity index (χ0n) is 10.9. The smallest absolute Gasteiger partial charge is 0.153 e. The van der Waals surface area contributed by atoms with E-state index in [2.05, 4.69) is 5.10 Å². The minimum Gasteiger partial charge on any atom is -0.298 e. The number of benzene rings is 1. The summed E-state index contributed by atoms with van der Waals surface area (Å²) in [6.45, 7) is 0. The Kier molecular flexibility index (Phi) is 3.81. The number of carbonyl (C=O) groups is 1. The molecule has 3 rings (SSSR count). The second kappa shape index (κ2) is 5.58. The van der Waals surface area contributed by atoms with Gasteiger partial charge in [0.1, 0.15) is 0 Å². The fourth-order valence-electron chi connectivity index (χ4n) is 2.80. The molecule has 1 aromatic heterocycles. The van der Waals surface area contributed by atoms with Crippen LogP contribution in [0.3, 0.4) is 0 Å². The second-order valence-corrected chi connectivity index (χ2v) is 5.95. The van der Waals surface area contributed by atoms with E-state index in [-0.39, 0.29) is 0 Å². The summed E-state index contributed by atoms with van der Waals surface area (Å²) in [6.07, 6.45) is 7.24. The molecule has 0 atom stereocenters. The van der Waals surface area contributed by atoms with Crippen molar-refractivity contribution in [1.29, 1.82) is 0 Å². The number of aromatic nitrogens is 2. The van der Waals surface area contributed by atoms with E-state index < -0.39 is 0 Å². The molecule has 20 heavy (non-hydrogen) atoms. The monoisotopic (exact) mass is 308 g/mol. The molecule has 2 aromatic rings. The predicted molar refractivity (Wildman–Crippen MR) is 80.2 cm³/mol. The predicted octanol–water partition coefficient (Wildman–Crippen LogP) is 4.65. The van der Waals surface area contributed by atoms with Gasteiger partial charge < -0.3 is 0 Å². The Morgan fingerprint density at radius 1 is 1.25 bits per heavy atom. The SMILES string of the molecule is O=Cc1cn(-c2ccc(Cl)cc2Cl)nc1C1CCCC1. The van der Waals surface area contributed by atoms with Crippen LogP contribution in [0.25, 0.3) is 5.69 Å². The van der Waals surface area contributed by atoms with Crippen molar-refractivity contribution in [3.63, 3.8) is 0 Å². The molecule has 0 bridgehead atoms. The van der Waals surface area contributed by atoms with Crippen LogP contribution in [0.5, 0.6) is 0 Å². The molecule has 0 N–H and O–H groups in total. The Hall–Kier alpha value is -1.32. The van der Waals surface area contributed by atoms with Crippen LogP contribution in [-0.4, -0.2) is 16.1 Å². The summed E-state index contributed by atoms with van der Waals surface area (Å²) in [5.41, 5.74) is 2.29. The first-order valence-electron chi connectivity index (χ1n) is 6.69. The van der Waals surface area contributed by atoms with Crippen LogP contribution in [0.1, 0.15) is 47.7 Å². The van der Waals surface area contributed by atoms with E-state index in [1.165, 1.54) is 12.8 Å². The van der Waals surface area contributed by atoms with E-state index in [4.69, 9.17) is 23.2 Å². The van der Waals surface area contributed by atoms with E-state index in [1.807, 2.05) is 6.07 Å². The number of rotatable bonds is 3. The molecule has 1 fully saturated rings. The standard InChI is InChI=1S/C15H14Cl2N2O/c16-12-5-6-14(13(17)7-12)19-8-11(9-20)15(18-19)10-3-1-2-4-10/h5-10H,1-4H2. The first kappa shape index (κ1) is 13.7. The van der Waals surface area contributed by atoms with Crippen LogP contribution in [0, 0.1) is 0 Å². The number of nitrogens with zero attached hydrogens (tertiary/aromatic N) is 2. The third kappa shape index (κ3) is 2.48. The Bertz CT molecular complexity index is 645. The quantitative estimate of drug-likeness (QED) is 0.774. The molecule has 1 saturated carbocycles. The van der Waals surface area contributed by atoms with Gasteiger partial charge in [0, 0.05) is 17.1 Å². The molecule has 0 spiro atoms. The van der Waals surface area contributed by atoms with Crippen molar-refractivity contribution in [2.75, 3.05) is 0 Å². The van der Waals surface area contributed by atoms with Crippen LogP contribution in [0.2, 0.25) is 10.0 Å². The lowest BCUT2D eigenvalue weighted by Gasteiger charge is -2.06. The van der Waals surface area contributed by atoms with E-state index in [9.17, 15) is 4.79 Å². The maximum Gasteiger partial charge on any atom is 0.153 e. The van der Waals surface area contributed by atoms with Crippen LogP contribution in [0.15, 0.2) is 24.4 Å². The van der Waals surface area contributed by atoms with Crippen LogP contribution in [0.4, 0.5) is 0 Å². The Balaban J connectivity index is 2.04. The zero-order chi connectivity index (χ0) is 14.1. The molecule has 104 valence electrons. The maximum atomic E-state index is 11.3. The van der Waals surface area contributed by atoms with Crippen molar-refractivity contribution in [1.82, 2.24) is 9.78 Å². The highest BCUT2D eigenvalue weighted by molar-refractivity contribution is 6.35. The maximum absolute atomic E-state index is 11.3. The molecule has 0 unspecified atom stereocenters. The molecule has 0 amide bonds. The molecule has 0 radical (unpaired) electrons. The van der Waals surface area contributed by atoms with E-state index in [0.717, 1.165) is 30.5 Å². The fraction of sp³-hybridized carbons (Fsp3) is 0.333. The van der Waals surface area contributed by atoms with Gasteiger partial charge in [-0.15, -0.1) is 0 Å². The van der Waals surface area contributed by atoms with E-state index >= 15 is 0 Å². The van der Waals surface area contributed by atoms with Gasteiger partial charge >= 0.3 is 0 Å². The summed E-state index contributed by atoms with van der Waals surface area (Å²) in [5.74, 6) is 0.391. The molecule has 5 heteroatoms. The van der Waals surface area contributed by atoms with Crippen molar-refractivity contribution in [2.45, 2.75) is 31.6 Å². The lowest BCUT2D eigenvalue weighted by Crippen LogP contribution is -2.00. The summed E-state index contributed by atoms with van der Waals surface area (Å²) in [6, 6.07) is 5.25. The van der Waals surface area contributed by atoms with Crippen molar-refractivity contribution in [3.05, 3.63) is 45.7 Å². The molecule has 0 saturated heterocycles. The third-order valence-electron chi connectivity index (χ3n) is 3.80. The van der Waals surface area contributed by atoms with Gasteiger partial charge in [0.15, 0.2) is 6.29 Å². The minimum absolute atomic E-state index is 0.391.